The SMILES string of the molecule is CCOc1ccc(-c2ccc(C(F)F)nc2)cc1. The molecule has 2 aromatic rings. The van der Waals surface area contributed by atoms with Gasteiger partial charge in [0.15, 0.2) is 0 Å². The summed E-state index contributed by atoms with van der Waals surface area (Å²) in [6, 6.07) is 10.4. The van der Waals surface area contributed by atoms with Gasteiger partial charge >= 0.3 is 0 Å². The normalized spacial score (nSPS) is 10.7. The maximum atomic E-state index is 12.4. The number of hydrogen-bond donors (Lipinski definition) is 0. The highest BCUT2D eigenvalue weighted by Gasteiger charge is 2.08. The van der Waals surface area contributed by atoms with Gasteiger partial charge in [-0.25, -0.2) is 8.78 Å². The lowest BCUT2D eigenvalue weighted by atomic mass is 10.1. The third kappa shape index (κ3) is 2.83. The summed E-state index contributed by atoms with van der Waals surface area (Å²) in [6.45, 7) is 2.53. The first kappa shape index (κ1) is 12.5. The van der Waals surface area contributed by atoms with E-state index in [2.05, 4.69) is 4.98 Å². The van der Waals surface area contributed by atoms with Gasteiger partial charge in [-0.3, -0.25) is 4.98 Å². The van der Waals surface area contributed by atoms with Gasteiger partial charge in [-0.2, -0.15) is 0 Å². The second-order valence-corrected chi connectivity index (χ2v) is 3.73. The monoisotopic (exact) mass is 249 g/mol. The first-order valence-corrected chi connectivity index (χ1v) is 5.68. The van der Waals surface area contributed by atoms with E-state index in [-0.39, 0.29) is 5.69 Å². The van der Waals surface area contributed by atoms with Crippen LogP contribution in [-0.2, 0) is 0 Å². The Morgan fingerprint density at radius 2 is 1.72 bits per heavy atom. The van der Waals surface area contributed by atoms with E-state index in [1.54, 1.807) is 6.07 Å². The Balaban J connectivity index is 2.20. The molecule has 0 aliphatic rings. The van der Waals surface area contributed by atoms with Crippen molar-refractivity contribution in [2.45, 2.75) is 13.3 Å². The molecular weight excluding hydrogens is 236 g/mol. The minimum Gasteiger partial charge on any atom is -0.494 e. The van der Waals surface area contributed by atoms with Gasteiger partial charge in [-0.05, 0) is 30.7 Å². The van der Waals surface area contributed by atoms with Crippen molar-refractivity contribution in [3.05, 3.63) is 48.3 Å². The molecule has 18 heavy (non-hydrogen) atoms. The lowest BCUT2D eigenvalue weighted by Gasteiger charge is -2.05. The van der Waals surface area contributed by atoms with Crippen LogP contribution in [0.5, 0.6) is 5.75 Å². The zero-order chi connectivity index (χ0) is 13.0. The Bertz CT molecular complexity index is 494. The van der Waals surface area contributed by atoms with Crippen LogP contribution in [0.15, 0.2) is 42.6 Å². The number of benzene rings is 1. The van der Waals surface area contributed by atoms with Gasteiger partial charge in [0.25, 0.3) is 6.43 Å². The van der Waals surface area contributed by atoms with Crippen LogP contribution < -0.4 is 4.74 Å². The number of aromatic nitrogens is 1. The Labute approximate surface area is 104 Å². The minimum atomic E-state index is -2.53. The highest BCUT2D eigenvalue weighted by atomic mass is 19.3. The fourth-order valence-corrected chi connectivity index (χ4v) is 1.62. The van der Waals surface area contributed by atoms with E-state index in [1.807, 2.05) is 31.2 Å². The van der Waals surface area contributed by atoms with Gasteiger partial charge in [0.1, 0.15) is 11.4 Å². The molecule has 2 nitrogen and oxygen atoms in total. The molecule has 0 aliphatic carbocycles. The summed E-state index contributed by atoms with van der Waals surface area (Å²) in [4.78, 5) is 3.73. The predicted octanol–water partition coefficient (Wildman–Crippen LogP) is 4.08. The molecule has 0 amide bonds. The fraction of sp³-hybridized carbons (Fsp3) is 0.214. The molecule has 0 unspecified atom stereocenters. The predicted molar refractivity (Wildman–Crippen MR) is 65.8 cm³/mol. The van der Waals surface area contributed by atoms with E-state index in [0.29, 0.717) is 6.61 Å². The van der Waals surface area contributed by atoms with Crippen LogP contribution in [-0.4, -0.2) is 11.6 Å². The van der Waals surface area contributed by atoms with E-state index >= 15 is 0 Å². The van der Waals surface area contributed by atoms with Crippen LogP contribution in [0.1, 0.15) is 19.0 Å². The van der Waals surface area contributed by atoms with Gasteiger partial charge < -0.3 is 4.74 Å². The molecule has 0 aliphatic heterocycles. The van der Waals surface area contributed by atoms with Gasteiger partial charge in [0.2, 0.25) is 0 Å². The average molecular weight is 249 g/mol. The lowest BCUT2D eigenvalue weighted by Crippen LogP contribution is -1.91. The maximum absolute atomic E-state index is 12.4. The molecular formula is C14H13F2NO. The van der Waals surface area contributed by atoms with Crippen LogP contribution in [0, 0.1) is 0 Å². The largest absolute Gasteiger partial charge is 0.494 e. The van der Waals surface area contributed by atoms with Crippen molar-refractivity contribution >= 4 is 0 Å². The van der Waals surface area contributed by atoms with E-state index in [0.717, 1.165) is 16.9 Å². The Hall–Kier alpha value is -1.97. The van der Waals surface area contributed by atoms with Crippen LogP contribution in [0.2, 0.25) is 0 Å². The fourth-order valence-electron chi connectivity index (χ4n) is 1.62. The quantitative estimate of drug-likeness (QED) is 0.814. The van der Waals surface area contributed by atoms with Crippen LogP contribution in [0.4, 0.5) is 8.78 Å². The summed E-state index contributed by atoms with van der Waals surface area (Å²) in [5.74, 6) is 0.790. The van der Waals surface area contributed by atoms with E-state index in [1.165, 1.54) is 12.3 Å². The van der Waals surface area contributed by atoms with E-state index in [9.17, 15) is 8.78 Å². The summed E-state index contributed by atoms with van der Waals surface area (Å²) in [5, 5.41) is 0. The molecule has 4 heteroatoms. The second-order valence-electron chi connectivity index (χ2n) is 3.73. The molecule has 94 valence electrons. The van der Waals surface area contributed by atoms with Crippen molar-refractivity contribution < 1.29 is 13.5 Å². The summed E-state index contributed by atoms with van der Waals surface area (Å²) >= 11 is 0. The first-order chi connectivity index (χ1) is 8.70. The number of halogens is 2. The molecule has 0 saturated heterocycles. The van der Waals surface area contributed by atoms with Gasteiger partial charge in [0, 0.05) is 11.8 Å². The Morgan fingerprint density at radius 1 is 1.06 bits per heavy atom. The number of nitrogens with zero attached hydrogens (tertiary/aromatic N) is 1. The maximum Gasteiger partial charge on any atom is 0.280 e. The van der Waals surface area contributed by atoms with Gasteiger partial charge in [0.05, 0.1) is 6.61 Å². The average Bonchev–Trinajstić information content (AvgIpc) is 2.40. The minimum absolute atomic E-state index is 0.204. The lowest BCUT2D eigenvalue weighted by molar-refractivity contribution is 0.146. The van der Waals surface area contributed by atoms with E-state index in [4.69, 9.17) is 4.74 Å². The highest BCUT2D eigenvalue weighted by Crippen LogP contribution is 2.24. The number of alkyl halides is 2. The number of pyridine rings is 1. The summed E-state index contributed by atoms with van der Waals surface area (Å²) in [5.41, 5.74) is 1.53. The van der Waals surface area contributed by atoms with Crippen LogP contribution >= 0.6 is 0 Å². The Morgan fingerprint density at radius 3 is 2.22 bits per heavy atom. The molecule has 1 heterocycles. The summed E-state index contributed by atoms with van der Waals surface area (Å²) < 4.78 is 30.1. The topological polar surface area (TPSA) is 22.1 Å². The smallest absolute Gasteiger partial charge is 0.280 e. The molecule has 0 N–H and O–H groups in total. The molecule has 0 bridgehead atoms. The molecule has 0 atom stereocenters. The van der Waals surface area contributed by atoms with Crippen LogP contribution in [0.3, 0.4) is 0 Å². The molecule has 1 aromatic heterocycles. The van der Waals surface area contributed by atoms with Crippen molar-refractivity contribution in [1.29, 1.82) is 0 Å². The molecule has 0 saturated carbocycles. The van der Waals surface area contributed by atoms with Crippen molar-refractivity contribution in [3.63, 3.8) is 0 Å². The molecule has 2 rings (SSSR count). The zero-order valence-electron chi connectivity index (χ0n) is 9.94. The van der Waals surface area contributed by atoms with Gasteiger partial charge in [-0.1, -0.05) is 18.2 Å². The molecule has 0 spiro atoms. The third-order valence-corrected chi connectivity index (χ3v) is 2.51. The molecule has 0 radical (unpaired) electrons. The number of hydrogen-bond acceptors (Lipinski definition) is 2. The van der Waals surface area contributed by atoms with E-state index < -0.39 is 6.43 Å². The van der Waals surface area contributed by atoms with Crippen molar-refractivity contribution in [1.82, 2.24) is 4.98 Å². The Kier molecular flexibility index (Phi) is 3.87. The summed E-state index contributed by atoms with van der Waals surface area (Å²) in [6.07, 6.45) is -1.07. The molecule has 0 fully saturated rings. The van der Waals surface area contributed by atoms with Crippen molar-refractivity contribution in [2.24, 2.45) is 0 Å². The number of ether oxygens (including phenoxy) is 1. The third-order valence-electron chi connectivity index (χ3n) is 2.51. The first-order valence-electron chi connectivity index (χ1n) is 5.68. The summed E-state index contributed by atoms with van der Waals surface area (Å²) in [7, 11) is 0. The van der Waals surface area contributed by atoms with Crippen molar-refractivity contribution in [2.75, 3.05) is 6.61 Å². The number of rotatable bonds is 4. The standard InChI is InChI=1S/C14H13F2NO/c1-2-18-12-6-3-10(4-7-12)11-5-8-13(14(15)16)17-9-11/h3-9,14H,2H2,1H3. The van der Waals surface area contributed by atoms with Crippen molar-refractivity contribution in [3.8, 4) is 16.9 Å². The van der Waals surface area contributed by atoms with Crippen LogP contribution in [0.25, 0.3) is 11.1 Å². The highest BCUT2D eigenvalue weighted by molar-refractivity contribution is 5.63. The van der Waals surface area contributed by atoms with Gasteiger partial charge in [-0.15, -0.1) is 0 Å². The second kappa shape index (κ2) is 5.58. The zero-order valence-corrected chi connectivity index (χ0v) is 9.94. The molecule has 1 aromatic carbocycles.